The minimum absolute atomic E-state index is 0.109. The second kappa shape index (κ2) is 9.03. The number of carbonyl (C=O) groups excluding carboxylic acids is 1. The van der Waals surface area contributed by atoms with E-state index >= 15 is 0 Å². The van der Waals surface area contributed by atoms with Crippen LogP contribution in [0.3, 0.4) is 0 Å². The number of aromatic nitrogens is 2. The molecule has 0 aromatic carbocycles. The highest BCUT2D eigenvalue weighted by atomic mass is 32.1. The van der Waals surface area contributed by atoms with Crippen molar-refractivity contribution in [1.29, 1.82) is 0 Å². The number of rotatable bonds is 7. The van der Waals surface area contributed by atoms with Gasteiger partial charge in [-0.3, -0.25) is 14.7 Å². The molecule has 0 atom stereocenters. The molecule has 134 valence electrons. The zero-order valence-corrected chi connectivity index (χ0v) is 15.4. The van der Waals surface area contributed by atoms with Crippen molar-refractivity contribution in [2.45, 2.75) is 19.4 Å². The minimum Gasteiger partial charge on any atom is -0.379 e. The van der Waals surface area contributed by atoms with Crippen molar-refractivity contribution in [2.75, 3.05) is 39.9 Å². The van der Waals surface area contributed by atoms with Crippen LogP contribution in [-0.2, 0) is 28.9 Å². The fraction of sp³-hybridized carbons (Fsp3) is 0.500. The number of carbonyl (C=O) groups is 1. The molecule has 1 saturated heterocycles. The van der Waals surface area contributed by atoms with Gasteiger partial charge in [0.05, 0.1) is 31.9 Å². The zero-order chi connectivity index (χ0) is 17.5. The molecule has 2 aromatic rings. The Bertz CT molecular complexity index is 671. The zero-order valence-electron chi connectivity index (χ0n) is 14.6. The Labute approximate surface area is 152 Å². The highest BCUT2D eigenvalue weighted by molar-refractivity contribution is 7.09. The molecule has 0 unspecified atom stereocenters. The van der Waals surface area contributed by atoms with E-state index in [1.165, 1.54) is 5.56 Å². The first-order chi connectivity index (χ1) is 12.2. The van der Waals surface area contributed by atoms with E-state index in [0.717, 1.165) is 50.0 Å². The number of likely N-dealkylation sites (N-methyl/N-ethyl adjacent to an activating group) is 1. The SMILES string of the molecule is CN(CCc1ccncc1)C(=O)Cc1csc(CN2CCOCC2)n1. The molecule has 0 spiro atoms. The first-order valence-electron chi connectivity index (χ1n) is 8.57. The van der Waals surface area contributed by atoms with E-state index in [1.54, 1.807) is 28.6 Å². The molecule has 0 bridgehead atoms. The van der Waals surface area contributed by atoms with Crippen LogP contribution < -0.4 is 0 Å². The van der Waals surface area contributed by atoms with Gasteiger partial charge in [0.2, 0.25) is 5.91 Å². The first-order valence-corrected chi connectivity index (χ1v) is 9.45. The molecular formula is C18H24N4O2S. The van der Waals surface area contributed by atoms with E-state index in [1.807, 2.05) is 24.6 Å². The van der Waals surface area contributed by atoms with Gasteiger partial charge in [-0.15, -0.1) is 11.3 Å². The molecule has 3 heterocycles. The van der Waals surface area contributed by atoms with E-state index < -0.39 is 0 Å². The largest absolute Gasteiger partial charge is 0.379 e. The van der Waals surface area contributed by atoms with Crippen LogP contribution in [0, 0.1) is 0 Å². The van der Waals surface area contributed by atoms with Crippen molar-refractivity contribution in [3.05, 3.63) is 46.2 Å². The average molecular weight is 360 g/mol. The van der Waals surface area contributed by atoms with Gasteiger partial charge in [0.25, 0.3) is 0 Å². The van der Waals surface area contributed by atoms with Crippen molar-refractivity contribution in [3.8, 4) is 0 Å². The van der Waals surface area contributed by atoms with Crippen molar-refractivity contribution < 1.29 is 9.53 Å². The van der Waals surface area contributed by atoms with Gasteiger partial charge in [0, 0.05) is 44.5 Å². The van der Waals surface area contributed by atoms with E-state index in [-0.39, 0.29) is 5.91 Å². The number of amides is 1. The monoisotopic (exact) mass is 360 g/mol. The second-order valence-electron chi connectivity index (χ2n) is 6.22. The van der Waals surface area contributed by atoms with Crippen LogP contribution in [0.4, 0.5) is 0 Å². The Kier molecular flexibility index (Phi) is 6.49. The fourth-order valence-corrected chi connectivity index (χ4v) is 3.55. The summed E-state index contributed by atoms with van der Waals surface area (Å²) in [6.07, 6.45) is 4.77. The predicted molar refractivity (Wildman–Crippen MR) is 97.5 cm³/mol. The van der Waals surface area contributed by atoms with Gasteiger partial charge >= 0.3 is 0 Å². The van der Waals surface area contributed by atoms with Crippen LogP contribution in [0.25, 0.3) is 0 Å². The summed E-state index contributed by atoms with van der Waals surface area (Å²) in [6, 6.07) is 3.97. The normalized spacial score (nSPS) is 15.2. The highest BCUT2D eigenvalue weighted by Crippen LogP contribution is 2.14. The molecule has 2 aromatic heterocycles. The van der Waals surface area contributed by atoms with Crippen molar-refractivity contribution in [1.82, 2.24) is 19.8 Å². The second-order valence-corrected chi connectivity index (χ2v) is 7.16. The van der Waals surface area contributed by atoms with Gasteiger partial charge in [-0.25, -0.2) is 4.98 Å². The lowest BCUT2D eigenvalue weighted by Gasteiger charge is -2.25. The van der Waals surface area contributed by atoms with E-state index in [4.69, 9.17) is 4.74 Å². The number of ether oxygens (including phenoxy) is 1. The summed E-state index contributed by atoms with van der Waals surface area (Å²) >= 11 is 1.64. The number of nitrogens with zero attached hydrogens (tertiary/aromatic N) is 4. The molecule has 3 rings (SSSR count). The highest BCUT2D eigenvalue weighted by Gasteiger charge is 2.15. The molecule has 1 fully saturated rings. The summed E-state index contributed by atoms with van der Waals surface area (Å²) in [5, 5.41) is 3.08. The van der Waals surface area contributed by atoms with Crippen molar-refractivity contribution in [3.63, 3.8) is 0 Å². The van der Waals surface area contributed by atoms with Crippen LogP contribution >= 0.6 is 11.3 Å². The molecular weight excluding hydrogens is 336 g/mol. The maximum absolute atomic E-state index is 12.4. The van der Waals surface area contributed by atoms with Gasteiger partial charge in [-0.05, 0) is 24.1 Å². The topological polar surface area (TPSA) is 58.6 Å². The summed E-state index contributed by atoms with van der Waals surface area (Å²) in [6.45, 7) is 5.03. The smallest absolute Gasteiger partial charge is 0.228 e. The van der Waals surface area contributed by atoms with Gasteiger partial charge in [0.1, 0.15) is 5.01 Å². The van der Waals surface area contributed by atoms with Gasteiger partial charge < -0.3 is 9.64 Å². The molecule has 1 aliphatic rings. The van der Waals surface area contributed by atoms with Crippen LogP contribution in [0.2, 0.25) is 0 Å². The Morgan fingerprint density at radius 2 is 2.08 bits per heavy atom. The number of thiazole rings is 1. The van der Waals surface area contributed by atoms with E-state index in [9.17, 15) is 4.79 Å². The lowest BCUT2D eigenvalue weighted by Crippen LogP contribution is -2.35. The van der Waals surface area contributed by atoms with Crippen LogP contribution in [0.15, 0.2) is 29.9 Å². The number of pyridine rings is 1. The summed E-state index contributed by atoms with van der Waals surface area (Å²) in [7, 11) is 1.85. The third-order valence-corrected chi connectivity index (χ3v) is 5.19. The van der Waals surface area contributed by atoms with Gasteiger partial charge in [-0.2, -0.15) is 0 Å². The van der Waals surface area contributed by atoms with Crippen molar-refractivity contribution >= 4 is 17.2 Å². The number of hydrogen-bond donors (Lipinski definition) is 0. The Morgan fingerprint density at radius 1 is 1.32 bits per heavy atom. The van der Waals surface area contributed by atoms with E-state index in [0.29, 0.717) is 13.0 Å². The molecule has 6 nitrogen and oxygen atoms in total. The Hall–Kier alpha value is -1.83. The summed E-state index contributed by atoms with van der Waals surface area (Å²) in [5.41, 5.74) is 2.06. The molecule has 0 saturated carbocycles. The van der Waals surface area contributed by atoms with Crippen LogP contribution in [0.1, 0.15) is 16.3 Å². The van der Waals surface area contributed by atoms with Crippen LogP contribution in [-0.4, -0.2) is 65.6 Å². The Morgan fingerprint density at radius 3 is 2.84 bits per heavy atom. The molecule has 1 amide bonds. The van der Waals surface area contributed by atoms with Gasteiger partial charge in [-0.1, -0.05) is 0 Å². The fourth-order valence-electron chi connectivity index (χ4n) is 2.71. The van der Waals surface area contributed by atoms with Crippen molar-refractivity contribution in [2.24, 2.45) is 0 Å². The maximum atomic E-state index is 12.4. The number of morpholine rings is 1. The molecule has 7 heteroatoms. The lowest BCUT2D eigenvalue weighted by atomic mass is 10.2. The predicted octanol–water partition coefficient (Wildman–Crippen LogP) is 1.61. The third kappa shape index (κ3) is 5.59. The third-order valence-electron chi connectivity index (χ3n) is 4.31. The quantitative estimate of drug-likeness (QED) is 0.751. The summed E-state index contributed by atoms with van der Waals surface area (Å²) < 4.78 is 5.36. The Balaban J connectivity index is 1.45. The lowest BCUT2D eigenvalue weighted by molar-refractivity contribution is -0.129. The molecule has 0 aliphatic carbocycles. The van der Waals surface area contributed by atoms with Crippen LogP contribution in [0.5, 0.6) is 0 Å². The standard InChI is InChI=1S/C18H24N4O2S/c1-21(7-4-15-2-5-19-6-3-15)18(23)12-16-14-25-17(20-16)13-22-8-10-24-11-9-22/h2-3,5-6,14H,4,7-13H2,1H3. The molecule has 1 aliphatic heterocycles. The first kappa shape index (κ1) is 18.0. The summed E-state index contributed by atoms with van der Waals surface area (Å²) in [4.78, 5) is 25.1. The van der Waals surface area contributed by atoms with Gasteiger partial charge in [0.15, 0.2) is 0 Å². The maximum Gasteiger partial charge on any atom is 0.228 e. The molecule has 25 heavy (non-hydrogen) atoms. The average Bonchev–Trinajstić information content (AvgIpc) is 3.08. The number of hydrogen-bond acceptors (Lipinski definition) is 6. The minimum atomic E-state index is 0.109. The molecule has 0 radical (unpaired) electrons. The molecule has 0 N–H and O–H groups in total. The summed E-state index contributed by atoms with van der Waals surface area (Å²) in [5.74, 6) is 0.109. The van der Waals surface area contributed by atoms with E-state index in [2.05, 4.69) is 14.9 Å².